The van der Waals surface area contributed by atoms with Crippen LogP contribution in [0, 0.1) is 0 Å². The van der Waals surface area contributed by atoms with Crippen molar-refractivity contribution in [1.29, 1.82) is 0 Å². The van der Waals surface area contributed by atoms with Crippen LogP contribution in [-0.2, 0) is 4.79 Å². The third-order valence-corrected chi connectivity index (χ3v) is 3.44. The van der Waals surface area contributed by atoms with E-state index in [1.807, 2.05) is 23.1 Å². The standard InChI is InChI=1S/C15H23N3O/c1-12(2)16-9-8-15(19)18-11-10-17(3)13-6-4-5-7-14(13)18/h4-7,12,16H,8-11H2,1-3H3. The average molecular weight is 261 g/mol. The molecule has 0 fully saturated rings. The summed E-state index contributed by atoms with van der Waals surface area (Å²) in [6, 6.07) is 8.53. The first-order valence-electron chi connectivity index (χ1n) is 6.93. The Morgan fingerprint density at radius 1 is 1.26 bits per heavy atom. The van der Waals surface area contributed by atoms with E-state index in [0.29, 0.717) is 12.5 Å². The van der Waals surface area contributed by atoms with Gasteiger partial charge in [0.05, 0.1) is 11.4 Å². The summed E-state index contributed by atoms with van der Waals surface area (Å²) in [4.78, 5) is 16.4. The number of hydrogen-bond donors (Lipinski definition) is 1. The van der Waals surface area contributed by atoms with E-state index in [1.165, 1.54) is 0 Å². The number of amides is 1. The van der Waals surface area contributed by atoms with Crippen LogP contribution in [0.1, 0.15) is 20.3 Å². The van der Waals surface area contributed by atoms with Gasteiger partial charge in [-0.15, -0.1) is 0 Å². The first-order valence-corrected chi connectivity index (χ1v) is 6.93. The summed E-state index contributed by atoms with van der Waals surface area (Å²) in [5.74, 6) is 0.203. The highest BCUT2D eigenvalue weighted by molar-refractivity contribution is 5.97. The van der Waals surface area contributed by atoms with Crippen molar-refractivity contribution in [2.24, 2.45) is 0 Å². The molecule has 4 nitrogen and oxygen atoms in total. The van der Waals surface area contributed by atoms with Crippen molar-refractivity contribution < 1.29 is 4.79 Å². The minimum atomic E-state index is 0.203. The molecule has 0 aliphatic carbocycles. The van der Waals surface area contributed by atoms with Gasteiger partial charge in [0.15, 0.2) is 0 Å². The zero-order valence-corrected chi connectivity index (χ0v) is 12.0. The largest absolute Gasteiger partial charge is 0.371 e. The van der Waals surface area contributed by atoms with Crippen LogP contribution < -0.4 is 15.1 Å². The van der Waals surface area contributed by atoms with Crippen LogP contribution in [0.2, 0.25) is 0 Å². The highest BCUT2D eigenvalue weighted by Gasteiger charge is 2.24. The molecule has 0 radical (unpaired) electrons. The van der Waals surface area contributed by atoms with Crippen LogP contribution in [0.25, 0.3) is 0 Å². The van der Waals surface area contributed by atoms with Crippen LogP contribution in [0.3, 0.4) is 0 Å². The molecule has 0 bridgehead atoms. The Hall–Kier alpha value is -1.55. The normalized spacial score (nSPS) is 14.7. The lowest BCUT2D eigenvalue weighted by atomic mass is 10.1. The molecule has 0 unspecified atom stereocenters. The number of carbonyl (C=O) groups excluding carboxylic acids is 1. The molecular weight excluding hydrogens is 238 g/mol. The monoisotopic (exact) mass is 261 g/mol. The summed E-state index contributed by atoms with van der Waals surface area (Å²) in [6.45, 7) is 6.59. The number of carbonyl (C=O) groups is 1. The van der Waals surface area contributed by atoms with Gasteiger partial charge in [-0.3, -0.25) is 4.79 Å². The quantitative estimate of drug-likeness (QED) is 0.898. The Bertz CT molecular complexity index is 445. The number of anilines is 2. The molecule has 0 atom stereocenters. The lowest BCUT2D eigenvalue weighted by Gasteiger charge is -2.35. The van der Waals surface area contributed by atoms with Gasteiger partial charge in [-0.1, -0.05) is 26.0 Å². The van der Waals surface area contributed by atoms with Gasteiger partial charge < -0.3 is 15.1 Å². The second kappa shape index (κ2) is 6.06. The Balaban J connectivity index is 2.05. The maximum absolute atomic E-state index is 12.3. The second-order valence-corrected chi connectivity index (χ2v) is 5.31. The van der Waals surface area contributed by atoms with E-state index in [0.717, 1.165) is 31.0 Å². The number of likely N-dealkylation sites (N-methyl/N-ethyl adjacent to an activating group) is 1. The van der Waals surface area contributed by atoms with E-state index >= 15 is 0 Å². The lowest BCUT2D eigenvalue weighted by Crippen LogP contribution is -2.43. The number of benzene rings is 1. The van der Waals surface area contributed by atoms with Crippen LogP contribution in [-0.4, -0.2) is 38.6 Å². The molecule has 1 aliphatic heterocycles. The first-order chi connectivity index (χ1) is 9.09. The van der Waals surface area contributed by atoms with Crippen molar-refractivity contribution in [2.45, 2.75) is 26.3 Å². The van der Waals surface area contributed by atoms with Gasteiger partial charge in [0.1, 0.15) is 0 Å². The smallest absolute Gasteiger partial charge is 0.228 e. The van der Waals surface area contributed by atoms with Crippen LogP contribution in [0.5, 0.6) is 0 Å². The third kappa shape index (κ3) is 3.26. The predicted molar refractivity (Wildman–Crippen MR) is 79.8 cm³/mol. The minimum Gasteiger partial charge on any atom is -0.371 e. The van der Waals surface area contributed by atoms with E-state index < -0.39 is 0 Å². The summed E-state index contributed by atoms with van der Waals surface area (Å²) in [7, 11) is 2.07. The fourth-order valence-electron chi connectivity index (χ4n) is 2.37. The molecule has 0 spiro atoms. The maximum Gasteiger partial charge on any atom is 0.228 e. The first kappa shape index (κ1) is 13.9. The van der Waals surface area contributed by atoms with Gasteiger partial charge in [0, 0.05) is 39.1 Å². The molecule has 1 aromatic rings. The molecule has 1 aliphatic rings. The molecule has 19 heavy (non-hydrogen) atoms. The van der Waals surface area contributed by atoms with Crippen LogP contribution >= 0.6 is 0 Å². The summed E-state index contributed by atoms with van der Waals surface area (Å²) >= 11 is 0. The Morgan fingerprint density at radius 3 is 2.63 bits per heavy atom. The molecule has 1 heterocycles. The van der Waals surface area contributed by atoms with E-state index in [9.17, 15) is 4.79 Å². The molecule has 1 aromatic carbocycles. The summed E-state index contributed by atoms with van der Waals surface area (Å²) in [5.41, 5.74) is 2.17. The number of fused-ring (bicyclic) bond motifs is 1. The molecule has 104 valence electrons. The Labute approximate surface area is 115 Å². The van der Waals surface area contributed by atoms with E-state index in [-0.39, 0.29) is 5.91 Å². The van der Waals surface area contributed by atoms with E-state index in [1.54, 1.807) is 0 Å². The molecule has 1 amide bonds. The number of nitrogens with zero attached hydrogens (tertiary/aromatic N) is 2. The van der Waals surface area contributed by atoms with Crippen molar-refractivity contribution in [3.05, 3.63) is 24.3 Å². The summed E-state index contributed by atoms with van der Waals surface area (Å²) < 4.78 is 0. The molecular formula is C15H23N3O. The molecule has 0 aromatic heterocycles. The molecule has 4 heteroatoms. The second-order valence-electron chi connectivity index (χ2n) is 5.31. The minimum absolute atomic E-state index is 0.203. The molecule has 0 saturated carbocycles. The van der Waals surface area contributed by atoms with Crippen LogP contribution in [0.15, 0.2) is 24.3 Å². The third-order valence-electron chi connectivity index (χ3n) is 3.44. The summed E-state index contributed by atoms with van der Waals surface area (Å²) in [5, 5.41) is 3.29. The number of para-hydroxylation sites is 2. The topological polar surface area (TPSA) is 35.6 Å². The Kier molecular flexibility index (Phi) is 4.43. The Morgan fingerprint density at radius 2 is 1.95 bits per heavy atom. The van der Waals surface area contributed by atoms with Crippen molar-refractivity contribution >= 4 is 17.3 Å². The zero-order valence-electron chi connectivity index (χ0n) is 12.0. The highest BCUT2D eigenvalue weighted by Crippen LogP contribution is 2.31. The number of nitrogens with one attached hydrogen (secondary N) is 1. The molecule has 2 rings (SSSR count). The van der Waals surface area contributed by atoms with Crippen molar-refractivity contribution in [1.82, 2.24) is 5.32 Å². The van der Waals surface area contributed by atoms with Gasteiger partial charge in [-0.25, -0.2) is 0 Å². The van der Waals surface area contributed by atoms with Gasteiger partial charge >= 0.3 is 0 Å². The van der Waals surface area contributed by atoms with E-state index in [4.69, 9.17) is 0 Å². The van der Waals surface area contributed by atoms with Gasteiger partial charge in [-0.05, 0) is 12.1 Å². The van der Waals surface area contributed by atoms with Gasteiger partial charge in [-0.2, -0.15) is 0 Å². The van der Waals surface area contributed by atoms with E-state index in [2.05, 4.69) is 37.2 Å². The number of hydrogen-bond acceptors (Lipinski definition) is 3. The zero-order chi connectivity index (χ0) is 13.8. The maximum atomic E-state index is 12.3. The van der Waals surface area contributed by atoms with Crippen LogP contribution in [0.4, 0.5) is 11.4 Å². The molecule has 1 N–H and O–H groups in total. The fraction of sp³-hybridized carbons (Fsp3) is 0.533. The van der Waals surface area contributed by atoms with Crippen molar-refractivity contribution in [2.75, 3.05) is 36.5 Å². The summed E-state index contributed by atoms with van der Waals surface area (Å²) in [6.07, 6.45) is 0.552. The number of rotatable bonds is 4. The van der Waals surface area contributed by atoms with Gasteiger partial charge in [0.25, 0.3) is 0 Å². The average Bonchev–Trinajstić information content (AvgIpc) is 2.39. The molecule has 0 saturated heterocycles. The predicted octanol–water partition coefficient (Wildman–Crippen LogP) is 1.86. The lowest BCUT2D eigenvalue weighted by molar-refractivity contribution is -0.118. The SMILES string of the molecule is CC(C)NCCC(=O)N1CCN(C)c2ccccc21. The highest BCUT2D eigenvalue weighted by atomic mass is 16.2. The van der Waals surface area contributed by atoms with Gasteiger partial charge in [0.2, 0.25) is 5.91 Å². The van der Waals surface area contributed by atoms with Crippen molar-refractivity contribution in [3.8, 4) is 0 Å². The van der Waals surface area contributed by atoms with Crippen molar-refractivity contribution in [3.63, 3.8) is 0 Å². The fourth-order valence-corrected chi connectivity index (χ4v) is 2.37.